The van der Waals surface area contributed by atoms with Crippen molar-refractivity contribution in [1.82, 2.24) is 10.1 Å². The first-order chi connectivity index (χ1) is 14.6. The van der Waals surface area contributed by atoms with Crippen LogP contribution < -0.4 is 18.9 Å². The van der Waals surface area contributed by atoms with E-state index in [2.05, 4.69) is 10.1 Å². The van der Waals surface area contributed by atoms with E-state index in [1.807, 2.05) is 18.2 Å². The molecule has 3 aromatic rings. The minimum atomic E-state index is -0.471. The van der Waals surface area contributed by atoms with Crippen LogP contribution in [0.25, 0.3) is 11.4 Å². The summed E-state index contributed by atoms with van der Waals surface area (Å²) in [6.07, 6.45) is 0.00418. The van der Waals surface area contributed by atoms with Gasteiger partial charge in [-0.05, 0) is 29.8 Å². The fraction of sp³-hybridized carbons (Fsp3) is 0.286. The van der Waals surface area contributed by atoms with E-state index in [9.17, 15) is 4.79 Å². The van der Waals surface area contributed by atoms with E-state index >= 15 is 0 Å². The van der Waals surface area contributed by atoms with Crippen LogP contribution in [0, 0.1) is 0 Å². The van der Waals surface area contributed by atoms with Gasteiger partial charge in [-0.3, -0.25) is 4.79 Å². The average Bonchev–Trinajstić information content (AvgIpc) is 3.25. The SMILES string of the molecule is COc1ccccc1-c1noc(COC(=O)Cc2cc(OC)c(OC)c(OC)c2)n1. The number of rotatable bonds is 9. The molecule has 9 nitrogen and oxygen atoms in total. The van der Waals surface area contributed by atoms with E-state index in [4.69, 9.17) is 28.2 Å². The number of aromatic nitrogens is 2. The Kier molecular flexibility index (Phi) is 6.74. The quantitative estimate of drug-likeness (QED) is 0.489. The Morgan fingerprint density at radius 3 is 2.23 bits per heavy atom. The molecule has 0 bridgehead atoms. The zero-order valence-electron chi connectivity index (χ0n) is 17.1. The van der Waals surface area contributed by atoms with Gasteiger partial charge in [0, 0.05) is 0 Å². The highest BCUT2D eigenvalue weighted by atomic mass is 16.6. The van der Waals surface area contributed by atoms with Crippen molar-refractivity contribution < 1.29 is 33.0 Å². The number of hydrogen-bond donors (Lipinski definition) is 0. The van der Waals surface area contributed by atoms with Crippen LogP contribution in [0.5, 0.6) is 23.0 Å². The molecule has 0 unspecified atom stereocenters. The number of carbonyl (C=O) groups excluding carboxylic acids is 1. The van der Waals surface area contributed by atoms with Crippen LogP contribution >= 0.6 is 0 Å². The third-order valence-electron chi connectivity index (χ3n) is 4.25. The van der Waals surface area contributed by atoms with Crippen molar-refractivity contribution >= 4 is 5.97 Å². The number of carbonyl (C=O) groups is 1. The van der Waals surface area contributed by atoms with Crippen LogP contribution in [0.1, 0.15) is 11.5 Å². The average molecular weight is 414 g/mol. The summed E-state index contributed by atoms with van der Waals surface area (Å²) in [6, 6.07) is 10.7. The van der Waals surface area contributed by atoms with Gasteiger partial charge in [0.25, 0.3) is 5.89 Å². The molecule has 0 saturated carbocycles. The van der Waals surface area contributed by atoms with E-state index in [1.165, 1.54) is 21.3 Å². The molecule has 0 spiro atoms. The molecule has 0 N–H and O–H groups in total. The van der Waals surface area contributed by atoms with Gasteiger partial charge >= 0.3 is 5.97 Å². The lowest BCUT2D eigenvalue weighted by atomic mass is 10.1. The standard InChI is InChI=1S/C21H22N2O7/c1-25-15-8-6-5-7-14(15)21-22-18(30-23-21)12-29-19(24)11-13-9-16(26-2)20(28-4)17(10-13)27-3/h5-10H,11-12H2,1-4H3. The summed E-state index contributed by atoms with van der Waals surface area (Å²) in [5.74, 6) is 2.03. The van der Waals surface area contributed by atoms with Crippen LogP contribution in [-0.4, -0.2) is 44.5 Å². The molecule has 0 fully saturated rings. The van der Waals surface area contributed by atoms with E-state index in [1.54, 1.807) is 25.3 Å². The van der Waals surface area contributed by atoms with Gasteiger partial charge in [-0.1, -0.05) is 17.3 Å². The van der Waals surface area contributed by atoms with Gasteiger partial charge in [0.2, 0.25) is 11.6 Å². The Hall–Kier alpha value is -3.75. The number of ether oxygens (including phenoxy) is 5. The molecule has 1 heterocycles. The van der Waals surface area contributed by atoms with Gasteiger partial charge in [-0.25, -0.2) is 0 Å². The lowest BCUT2D eigenvalue weighted by molar-refractivity contribution is -0.144. The summed E-state index contributed by atoms with van der Waals surface area (Å²) in [4.78, 5) is 16.5. The van der Waals surface area contributed by atoms with Crippen molar-refractivity contribution in [3.63, 3.8) is 0 Å². The second-order valence-electron chi connectivity index (χ2n) is 6.08. The number of esters is 1. The molecule has 0 radical (unpaired) electrons. The molecule has 0 aliphatic heterocycles. The maximum absolute atomic E-state index is 12.3. The highest BCUT2D eigenvalue weighted by Crippen LogP contribution is 2.38. The first-order valence-electron chi connectivity index (χ1n) is 9.00. The van der Waals surface area contributed by atoms with Crippen LogP contribution in [-0.2, 0) is 22.6 Å². The second kappa shape index (κ2) is 9.64. The first-order valence-corrected chi connectivity index (χ1v) is 9.00. The monoisotopic (exact) mass is 414 g/mol. The van der Waals surface area contributed by atoms with Crippen molar-refractivity contribution in [2.75, 3.05) is 28.4 Å². The Morgan fingerprint density at radius 2 is 1.60 bits per heavy atom. The van der Waals surface area contributed by atoms with Gasteiger partial charge in [-0.2, -0.15) is 4.98 Å². The third-order valence-corrected chi connectivity index (χ3v) is 4.25. The second-order valence-corrected chi connectivity index (χ2v) is 6.08. The van der Waals surface area contributed by atoms with Crippen molar-refractivity contribution in [2.45, 2.75) is 13.0 Å². The molecule has 0 saturated heterocycles. The summed E-state index contributed by atoms with van der Waals surface area (Å²) in [7, 11) is 6.09. The third kappa shape index (κ3) is 4.62. The highest BCUT2D eigenvalue weighted by Gasteiger charge is 2.17. The van der Waals surface area contributed by atoms with Crippen LogP contribution in [0.15, 0.2) is 40.9 Å². The Balaban J connectivity index is 1.65. The topological polar surface area (TPSA) is 102 Å². The molecule has 9 heteroatoms. The van der Waals surface area contributed by atoms with E-state index in [0.29, 0.717) is 39.9 Å². The van der Waals surface area contributed by atoms with Crippen LogP contribution in [0.4, 0.5) is 0 Å². The summed E-state index contributed by atoms with van der Waals surface area (Å²) in [6.45, 7) is -0.147. The largest absolute Gasteiger partial charge is 0.496 e. The fourth-order valence-electron chi connectivity index (χ4n) is 2.85. The molecule has 1 aromatic heterocycles. The zero-order valence-corrected chi connectivity index (χ0v) is 17.1. The summed E-state index contributed by atoms with van der Waals surface area (Å²) < 4.78 is 31.6. The van der Waals surface area contributed by atoms with Gasteiger partial charge in [0.05, 0.1) is 40.4 Å². The number of benzene rings is 2. The molecule has 3 rings (SSSR count). The lowest BCUT2D eigenvalue weighted by Crippen LogP contribution is -2.09. The normalized spacial score (nSPS) is 10.4. The highest BCUT2D eigenvalue weighted by molar-refractivity contribution is 5.73. The number of hydrogen-bond acceptors (Lipinski definition) is 9. The van der Waals surface area contributed by atoms with E-state index in [-0.39, 0.29) is 18.9 Å². The van der Waals surface area contributed by atoms with Gasteiger partial charge < -0.3 is 28.2 Å². The van der Waals surface area contributed by atoms with Crippen LogP contribution in [0.2, 0.25) is 0 Å². The molecular formula is C21H22N2O7. The molecular weight excluding hydrogens is 392 g/mol. The maximum atomic E-state index is 12.3. The van der Waals surface area contributed by atoms with Gasteiger partial charge in [-0.15, -0.1) is 0 Å². The molecule has 0 atom stereocenters. The van der Waals surface area contributed by atoms with Crippen LogP contribution in [0.3, 0.4) is 0 Å². The lowest BCUT2D eigenvalue weighted by Gasteiger charge is -2.13. The van der Waals surface area contributed by atoms with Crippen molar-refractivity contribution in [3.05, 3.63) is 47.9 Å². The van der Waals surface area contributed by atoms with Crippen molar-refractivity contribution in [2.24, 2.45) is 0 Å². The summed E-state index contributed by atoms with van der Waals surface area (Å²) >= 11 is 0. The molecule has 0 amide bonds. The number of para-hydroxylation sites is 1. The number of methoxy groups -OCH3 is 4. The maximum Gasteiger partial charge on any atom is 0.310 e. The molecule has 0 aliphatic rings. The smallest absolute Gasteiger partial charge is 0.310 e. The van der Waals surface area contributed by atoms with E-state index in [0.717, 1.165) is 0 Å². The predicted octanol–water partition coefficient (Wildman–Crippen LogP) is 3.06. The summed E-state index contributed by atoms with van der Waals surface area (Å²) in [5, 5.41) is 3.92. The Labute approximate surface area is 173 Å². The Morgan fingerprint density at radius 1 is 0.933 bits per heavy atom. The van der Waals surface area contributed by atoms with E-state index < -0.39 is 5.97 Å². The van der Waals surface area contributed by atoms with Gasteiger partial charge in [0.1, 0.15) is 5.75 Å². The predicted molar refractivity (Wildman–Crippen MR) is 106 cm³/mol. The zero-order chi connectivity index (χ0) is 21.5. The van der Waals surface area contributed by atoms with Crippen molar-refractivity contribution in [1.29, 1.82) is 0 Å². The molecule has 158 valence electrons. The minimum absolute atomic E-state index is 0.00418. The molecule has 30 heavy (non-hydrogen) atoms. The van der Waals surface area contributed by atoms with Gasteiger partial charge in [0.15, 0.2) is 18.1 Å². The Bertz CT molecular complexity index is 991. The minimum Gasteiger partial charge on any atom is -0.496 e. The fourth-order valence-corrected chi connectivity index (χ4v) is 2.85. The first kappa shape index (κ1) is 21.0. The van der Waals surface area contributed by atoms with Crippen molar-refractivity contribution in [3.8, 4) is 34.4 Å². The number of nitrogens with zero attached hydrogens (tertiary/aromatic N) is 2. The summed E-state index contributed by atoms with van der Waals surface area (Å²) in [5.41, 5.74) is 1.33. The molecule has 0 aliphatic carbocycles. The molecule has 2 aromatic carbocycles.